The van der Waals surface area contributed by atoms with Crippen LogP contribution in [0.25, 0.3) is 0 Å². The highest BCUT2D eigenvalue weighted by Gasteiger charge is 2.26. The number of hydrogen-bond acceptors (Lipinski definition) is 5. The van der Waals surface area contributed by atoms with Crippen molar-refractivity contribution in [1.29, 1.82) is 0 Å². The SMILES string of the molecule is c1ccc(CN2CCC(Nc3nc4c(c(N5CCCCCC5)n3)CCCCC4)C2)cc1. The first-order valence-corrected chi connectivity index (χ1v) is 12.5. The van der Waals surface area contributed by atoms with Crippen LogP contribution in [-0.4, -0.2) is 47.1 Å². The summed E-state index contributed by atoms with van der Waals surface area (Å²) in [6.45, 7) is 5.53. The Morgan fingerprint density at radius 3 is 2.45 bits per heavy atom. The molecule has 2 aromatic rings. The second kappa shape index (κ2) is 9.99. The molecule has 5 nitrogen and oxygen atoms in total. The standard InChI is InChI=1S/C26H37N5/c1-2-10-17-31(16-9-1)25-23-13-7-4-8-14-24(23)28-26(29-25)27-22-15-18-30(20-22)19-21-11-5-3-6-12-21/h3,5-6,11-12,22H,1-2,4,7-10,13-20H2,(H,27,28,29). The van der Waals surface area contributed by atoms with Crippen molar-refractivity contribution in [2.75, 3.05) is 36.4 Å². The molecule has 2 fully saturated rings. The fourth-order valence-corrected chi connectivity index (χ4v) is 5.48. The molecule has 0 bridgehead atoms. The maximum atomic E-state index is 5.15. The summed E-state index contributed by atoms with van der Waals surface area (Å²) in [6, 6.07) is 11.2. The van der Waals surface area contributed by atoms with E-state index in [0.29, 0.717) is 6.04 Å². The molecule has 0 saturated carbocycles. The van der Waals surface area contributed by atoms with E-state index in [2.05, 4.69) is 45.4 Å². The number of fused-ring (bicyclic) bond motifs is 1. The summed E-state index contributed by atoms with van der Waals surface area (Å²) >= 11 is 0. The third-order valence-electron chi connectivity index (χ3n) is 7.17. The maximum absolute atomic E-state index is 5.15. The van der Waals surface area contributed by atoms with E-state index >= 15 is 0 Å². The Hall–Kier alpha value is -2.14. The highest BCUT2D eigenvalue weighted by Crippen LogP contribution is 2.30. The molecule has 1 N–H and O–H groups in total. The van der Waals surface area contributed by atoms with E-state index in [9.17, 15) is 0 Å². The largest absolute Gasteiger partial charge is 0.356 e. The Bertz CT molecular complexity index is 844. The summed E-state index contributed by atoms with van der Waals surface area (Å²) in [5.41, 5.74) is 4.16. The molecule has 1 unspecified atom stereocenters. The van der Waals surface area contributed by atoms with Gasteiger partial charge in [-0.15, -0.1) is 0 Å². The molecule has 5 rings (SSSR count). The minimum Gasteiger partial charge on any atom is -0.356 e. The molecular weight excluding hydrogens is 382 g/mol. The molecule has 1 aliphatic carbocycles. The normalized spacial score (nSPS) is 22.6. The van der Waals surface area contributed by atoms with Crippen LogP contribution in [0.3, 0.4) is 0 Å². The Balaban J connectivity index is 1.32. The third-order valence-corrected chi connectivity index (χ3v) is 7.17. The molecule has 0 spiro atoms. The van der Waals surface area contributed by atoms with E-state index < -0.39 is 0 Å². The molecule has 3 aliphatic rings. The number of aryl methyl sites for hydroxylation is 1. The van der Waals surface area contributed by atoms with E-state index in [1.165, 1.54) is 67.6 Å². The monoisotopic (exact) mass is 419 g/mol. The van der Waals surface area contributed by atoms with Crippen molar-refractivity contribution in [2.45, 2.75) is 76.8 Å². The zero-order valence-electron chi connectivity index (χ0n) is 18.9. The Kier molecular flexibility index (Phi) is 6.68. The Labute approximate surface area is 187 Å². The summed E-state index contributed by atoms with van der Waals surface area (Å²) in [7, 11) is 0. The average molecular weight is 420 g/mol. The van der Waals surface area contributed by atoms with Crippen LogP contribution in [0.4, 0.5) is 11.8 Å². The number of rotatable bonds is 5. The molecule has 1 aromatic heterocycles. The summed E-state index contributed by atoms with van der Waals surface area (Å²) < 4.78 is 0. The summed E-state index contributed by atoms with van der Waals surface area (Å²) in [4.78, 5) is 15.3. The number of likely N-dealkylation sites (tertiary alicyclic amines) is 1. The van der Waals surface area contributed by atoms with Gasteiger partial charge in [0.2, 0.25) is 5.95 Å². The van der Waals surface area contributed by atoms with Gasteiger partial charge in [0, 0.05) is 44.3 Å². The van der Waals surface area contributed by atoms with Crippen molar-refractivity contribution in [3.63, 3.8) is 0 Å². The van der Waals surface area contributed by atoms with Crippen LogP contribution in [0.15, 0.2) is 30.3 Å². The molecule has 2 saturated heterocycles. The average Bonchev–Trinajstić information content (AvgIpc) is 2.99. The van der Waals surface area contributed by atoms with Crippen molar-refractivity contribution >= 4 is 11.8 Å². The van der Waals surface area contributed by atoms with Crippen LogP contribution >= 0.6 is 0 Å². The first-order valence-electron chi connectivity index (χ1n) is 12.5. The van der Waals surface area contributed by atoms with Crippen LogP contribution in [0.5, 0.6) is 0 Å². The van der Waals surface area contributed by atoms with Gasteiger partial charge in [0.1, 0.15) is 5.82 Å². The lowest BCUT2D eigenvalue weighted by molar-refractivity contribution is 0.328. The maximum Gasteiger partial charge on any atom is 0.225 e. The third kappa shape index (κ3) is 5.20. The number of aromatic nitrogens is 2. The van der Waals surface area contributed by atoms with Crippen molar-refractivity contribution in [1.82, 2.24) is 14.9 Å². The fraction of sp³-hybridized carbons (Fsp3) is 0.615. The van der Waals surface area contributed by atoms with Crippen LogP contribution < -0.4 is 10.2 Å². The van der Waals surface area contributed by atoms with E-state index in [1.54, 1.807) is 0 Å². The van der Waals surface area contributed by atoms with Gasteiger partial charge in [0.25, 0.3) is 0 Å². The van der Waals surface area contributed by atoms with Crippen LogP contribution in [0.1, 0.15) is 68.2 Å². The van der Waals surface area contributed by atoms with Gasteiger partial charge < -0.3 is 10.2 Å². The number of hydrogen-bond donors (Lipinski definition) is 1. The molecule has 2 aliphatic heterocycles. The molecule has 1 aromatic carbocycles. The van der Waals surface area contributed by atoms with Crippen LogP contribution in [-0.2, 0) is 19.4 Å². The topological polar surface area (TPSA) is 44.3 Å². The van der Waals surface area contributed by atoms with E-state index in [-0.39, 0.29) is 0 Å². The Morgan fingerprint density at radius 2 is 1.61 bits per heavy atom. The van der Waals surface area contributed by atoms with E-state index in [0.717, 1.165) is 57.9 Å². The van der Waals surface area contributed by atoms with Crippen LogP contribution in [0.2, 0.25) is 0 Å². The van der Waals surface area contributed by atoms with Crippen molar-refractivity contribution in [2.24, 2.45) is 0 Å². The van der Waals surface area contributed by atoms with Gasteiger partial charge in [-0.2, -0.15) is 4.98 Å². The van der Waals surface area contributed by atoms with Crippen LogP contribution in [0, 0.1) is 0 Å². The number of nitrogens with zero attached hydrogens (tertiary/aromatic N) is 4. The molecule has 0 amide bonds. The molecular formula is C26H37N5. The molecule has 1 atom stereocenters. The van der Waals surface area contributed by atoms with Gasteiger partial charge in [-0.1, -0.05) is 49.6 Å². The van der Waals surface area contributed by atoms with Gasteiger partial charge >= 0.3 is 0 Å². The number of benzene rings is 1. The van der Waals surface area contributed by atoms with Crippen molar-refractivity contribution in [3.8, 4) is 0 Å². The quantitative estimate of drug-likeness (QED) is 0.705. The summed E-state index contributed by atoms with van der Waals surface area (Å²) in [6.07, 6.45) is 12.6. The van der Waals surface area contributed by atoms with Crippen molar-refractivity contribution < 1.29 is 0 Å². The smallest absolute Gasteiger partial charge is 0.225 e. The predicted octanol–water partition coefficient (Wildman–Crippen LogP) is 4.81. The lowest BCUT2D eigenvalue weighted by atomic mass is 10.1. The molecule has 166 valence electrons. The second-order valence-corrected chi connectivity index (χ2v) is 9.61. The van der Waals surface area contributed by atoms with E-state index in [1.807, 2.05) is 0 Å². The fourth-order valence-electron chi connectivity index (χ4n) is 5.48. The minimum absolute atomic E-state index is 0.435. The molecule has 5 heteroatoms. The first-order chi connectivity index (χ1) is 15.3. The summed E-state index contributed by atoms with van der Waals surface area (Å²) in [5, 5.41) is 3.73. The van der Waals surface area contributed by atoms with E-state index in [4.69, 9.17) is 9.97 Å². The molecule has 3 heterocycles. The zero-order valence-corrected chi connectivity index (χ0v) is 18.9. The highest BCUT2D eigenvalue weighted by atomic mass is 15.3. The van der Waals surface area contributed by atoms with Gasteiger partial charge in [0.05, 0.1) is 5.69 Å². The molecule has 0 radical (unpaired) electrons. The molecule has 31 heavy (non-hydrogen) atoms. The van der Waals surface area contributed by atoms with Gasteiger partial charge in [0.15, 0.2) is 0 Å². The number of nitrogens with one attached hydrogen (secondary N) is 1. The van der Waals surface area contributed by atoms with Gasteiger partial charge in [-0.25, -0.2) is 4.98 Å². The first kappa shape index (κ1) is 20.7. The zero-order chi connectivity index (χ0) is 20.9. The Morgan fingerprint density at radius 1 is 0.839 bits per heavy atom. The highest BCUT2D eigenvalue weighted by molar-refractivity contribution is 5.53. The predicted molar refractivity (Wildman–Crippen MR) is 128 cm³/mol. The lowest BCUT2D eigenvalue weighted by Crippen LogP contribution is -2.29. The second-order valence-electron chi connectivity index (χ2n) is 9.61. The minimum atomic E-state index is 0.435. The van der Waals surface area contributed by atoms with Crippen molar-refractivity contribution in [3.05, 3.63) is 47.2 Å². The lowest BCUT2D eigenvalue weighted by Gasteiger charge is -2.26. The summed E-state index contributed by atoms with van der Waals surface area (Å²) in [5.74, 6) is 2.11. The number of anilines is 2. The van der Waals surface area contributed by atoms with Gasteiger partial charge in [-0.3, -0.25) is 4.90 Å². The van der Waals surface area contributed by atoms with Gasteiger partial charge in [-0.05, 0) is 50.5 Å².